The number of urea groups is 1. The molecule has 0 saturated carbocycles. The van der Waals surface area contributed by atoms with E-state index in [1.54, 1.807) is 24.3 Å². The highest BCUT2D eigenvalue weighted by Gasteiger charge is 2.50. The Balaban J connectivity index is 1.91. The molecule has 2 unspecified atom stereocenters. The lowest BCUT2D eigenvalue weighted by Crippen LogP contribution is -2.63. The number of imide groups is 1. The Morgan fingerprint density at radius 2 is 1.90 bits per heavy atom. The molecule has 0 spiro atoms. The van der Waals surface area contributed by atoms with Gasteiger partial charge >= 0.3 is 6.03 Å². The topological polar surface area (TPSA) is 69.1 Å². The van der Waals surface area contributed by atoms with Crippen LogP contribution in [-0.2, 0) is 11.3 Å². The normalized spacial score (nSPS) is 25.3. The van der Waals surface area contributed by atoms with E-state index >= 15 is 0 Å². The molecular weight excluding hydrogens is 294 g/mol. The Bertz CT molecular complexity index is 620. The van der Waals surface area contributed by atoms with Crippen LogP contribution in [0, 0.1) is 0 Å². The molecule has 0 N–H and O–H groups in total. The maximum absolute atomic E-state index is 12.4. The number of fused-ring (bicyclic) bond motifs is 1. The zero-order chi connectivity index (χ0) is 15.1. The number of carbonyl (C=O) groups excluding carboxylic acids is 2. The van der Waals surface area contributed by atoms with Crippen molar-refractivity contribution in [1.82, 2.24) is 19.7 Å². The molecule has 2 aliphatic rings. The molecule has 21 heavy (non-hydrogen) atoms. The molecule has 7 nitrogen and oxygen atoms in total. The van der Waals surface area contributed by atoms with E-state index in [0.29, 0.717) is 6.54 Å². The Labute approximate surface area is 126 Å². The third-order valence-corrected chi connectivity index (χ3v) is 4.08. The lowest BCUT2D eigenvalue weighted by atomic mass is 10.1. The van der Waals surface area contributed by atoms with Crippen molar-refractivity contribution in [1.29, 1.82) is 0 Å². The minimum absolute atomic E-state index is 0.241. The average Bonchev–Trinajstić information content (AvgIpc) is 2.81. The summed E-state index contributed by atoms with van der Waals surface area (Å²) in [6.07, 6.45) is 2.78. The van der Waals surface area contributed by atoms with Crippen LogP contribution in [0.25, 0.3) is 0 Å². The van der Waals surface area contributed by atoms with Gasteiger partial charge in [-0.15, -0.1) is 0 Å². The molecule has 110 valence electrons. The van der Waals surface area contributed by atoms with Crippen LogP contribution >= 0.6 is 11.6 Å². The van der Waals surface area contributed by atoms with Crippen LogP contribution in [0.5, 0.6) is 0 Å². The average molecular weight is 308 g/mol. The van der Waals surface area contributed by atoms with Gasteiger partial charge in [-0.25, -0.2) is 9.79 Å². The smallest absolute Gasteiger partial charge is 0.327 e. The van der Waals surface area contributed by atoms with Crippen LogP contribution in [0.15, 0.2) is 29.5 Å². The van der Waals surface area contributed by atoms with Gasteiger partial charge in [0.2, 0.25) is 0 Å². The molecule has 3 heterocycles. The van der Waals surface area contributed by atoms with Gasteiger partial charge in [-0.3, -0.25) is 14.7 Å². The van der Waals surface area contributed by atoms with Crippen molar-refractivity contribution in [3.8, 4) is 0 Å². The molecule has 2 aliphatic heterocycles. The summed E-state index contributed by atoms with van der Waals surface area (Å²) in [5, 5.41) is 0.241. The quantitative estimate of drug-likeness (QED) is 0.755. The van der Waals surface area contributed by atoms with Crippen LogP contribution in [0.1, 0.15) is 5.56 Å². The highest BCUT2D eigenvalue weighted by molar-refractivity contribution is 6.65. The number of hydrogen-bond donors (Lipinski definition) is 0. The number of likely N-dealkylation sites (N-methyl/N-ethyl adjacent to an activating group) is 2. The van der Waals surface area contributed by atoms with Crippen molar-refractivity contribution in [2.75, 3.05) is 14.1 Å². The van der Waals surface area contributed by atoms with Crippen molar-refractivity contribution >= 4 is 28.8 Å². The summed E-state index contributed by atoms with van der Waals surface area (Å²) >= 11 is 6.18. The maximum Gasteiger partial charge on any atom is 0.328 e. The summed E-state index contributed by atoms with van der Waals surface area (Å²) in [5.41, 5.74) is 0.967. The Hall–Kier alpha value is -2.15. The first-order valence-corrected chi connectivity index (χ1v) is 6.81. The van der Waals surface area contributed by atoms with Crippen LogP contribution in [-0.4, -0.2) is 63.2 Å². The fourth-order valence-electron chi connectivity index (χ4n) is 2.58. The predicted octanol–water partition coefficient (Wildman–Crippen LogP) is 0.710. The highest BCUT2D eigenvalue weighted by atomic mass is 35.5. The first-order chi connectivity index (χ1) is 10.0. The van der Waals surface area contributed by atoms with Gasteiger partial charge in [0.15, 0.2) is 17.5 Å². The molecular formula is C13H14ClN5O2. The van der Waals surface area contributed by atoms with Crippen molar-refractivity contribution in [3.63, 3.8) is 0 Å². The molecule has 1 aromatic rings. The predicted molar refractivity (Wildman–Crippen MR) is 76.6 cm³/mol. The summed E-state index contributed by atoms with van der Waals surface area (Å²) in [4.78, 5) is 36.8. The molecule has 0 bridgehead atoms. The summed E-state index contributed by atoms with van der Waals surface area (Å²) in [7, 11) is 3.08. The minimum Gasteiger partial charge on any atom is -0.327 e. The van der Waals surface area contributed by atoms with Crippen molar-refractivity contribution in [2.24, 2.45) is 4.99 Å². The zero-order valence-corrected chi connectivity index (χ0v) is 12.4. The van der Waals surface area contributed by atoms with Gasteiger partial charge < -0.3 is 9.80 Å². The fourth-order valence-corrected chi connectivity index (χ4v) is 2.84. The van der Waals surface area contributed by atoms with Gasteiger partial charge in [0.1, 0.15) is 0 Å². The SMILES string of the molecule is CN1C(=O)C2C(N=C(Cl)N2Cc2ccncc2)N(C)C1=O. The summed E-state index contributed by atoms with van der Waals surface area (Å²) in [6.45, 7) is 0.438. The number of hydrogen-bond acceptors (Lipinski definition) is 5. The lowest BCUT2D eigenvalue weighted by Gasteiger charge is -2.39. The molecule has 0 aliphatic carbocycles. The molecule has 1 aromatic heterocycles. The first-order valence-electron chi connectivity index (χ1n) is 6.44. The van der Waals surface area contributed by atoms with Gasteiger partial charge in [-0.05, 0) is 29.3 Å². The van der Waals surface area contributed by atoms with E-state index < -0.39 is 12.2 Å². The number of aliphatic imine (C=N–C) groups is 1. The van der Waals surface area contributed by atoms with Gasteiger partial charge in [-0.2, -0.15) is 0 Å². The van der Waals surface area contributed by atoms with Gasteiger partial charge in [0.25, 0.3) is 5.91 Å². The molecule has 3 amide bonds. The van der Waals surface area contributed by atoms with Crippen LogP contribution < -0.4 is 0 Å². The number of amides is 3. The third-order valence-electron chi connectivity index (χ3n) is 3.77. The number of nitrogens with zero attached hydrogens (tertiary/aromatic N) is 5. The Morgan fingerprint density at radius 3 is 2.57 bits per heavy atom. The number of amidine groups is 1. The van der Waals surface area contributed by atoms with Gasteiger partial charge in [0.05, 0.1) is 0 Å². The number of rotatable bonds is 2. The second kappa shape index (κ2) is 5.00. The third kappa shape index (κ3) is 2.13. The van der Waals surface area contributed by atoms with Crippen molar-refractivity contribution in [3.05, 3.63) is 30.1 Å². The van der Waals surface area contributed by atoms with Gasteiger partial charge in [0, 0.05) is 33.0 Å². The van der Waals surface area contributed by atoms with E-state index in [-0.39, 0.29) is 17.2 Å². The maximum atomic E-state index is 12.4. The number of pyridine rings is 1. The van der Waals surface area contributed by atoms with E-state index in [4.69, 9.17) is 11.6 Å². The monoisotopic (exact) mass is 307 g/mol. The standard InChI is InChI=1S/C13H14ClN5O2/c1-17-10-9(11(20)18(2)13(17)21)19(12(14)16-10)7-8-3-5-15-6-4-8/h3-6,9-10H,7H2,1-2H3. The van der Waals surface area contributed by atoms with E-state index in [1.807, 2.05) is 12.1 Å². The van der Waals surface area contributed by atoms with Crippen LogP contribution in [0.3, 0.4) is 0 Å². The number of aromatic nitrogens is 1. The molecule has 1 saturated heterocycles. The lowest BCUT2D eigenvalue weighted by molar-refractivity contribution is -0.136. The zero-order valence-electron chi connectivity index (χ0n) is 11.6. The summed E-state index contributed by atoms with van der Waals surface area (Å²) < 4.78 is 0. The van der Waals surface area contributed by atoms with Crippen LogP contribution in [0.4, 0.5) is 4.79 Å². The number of halogens is 1. The van der Waals surface area contributed by atoms with E-state index in [1.165, 1.54) is 11.9 Å². The fraction of sp³-hybridized carbons (Fsp3) is 0.385. The minimum atomic E-state index is -0.585. The second-order valence-corrected chi connectivity index (χ2v) is 5.37. The van der Waals surface area contributed by atoms with Crippen LogP contribution in [0.2, 0.25) is 0 Å². The largest absolute Gasteiger partial charge is 0.328 e. The van der Waals surface area contributed by atoms with E-state index in [9.17, 15) is 9.59 Å². The summed E-state index contributed by atoms with van der Waals surface area (Å²) in [5.74, 6) is -0.295. The van der Waals surface area contributed by atoms with E-state index in [2.05, 4.69) is 9.98 Å². The number of carbonyl (C=O) groups is 2. The molecule has 1 fully saturated rings. The molecule has 0 aromatic carbocycles. The Kier molecular flexibility index (Phi) is 3.29. The molecule has 2 atom stereocenters. The molecule has 3 rings (SSSR count). The van der Waals surface area contributed by atoms with Crippen molar-refractivity contribution < 1.29 is 9.59 Å². The molecule has 0 radical (unpaired) electrons. The van der Waals surface area contributed by atoms with Gasteiger partial charge in [-0.1, -0.05) is 0 Å². The van der Waals surface area contributed by atoms with Crippen molar-refractivity contribution in [2.45, 2.75) is 18.8 Å². The summed E-state index contributed by atoms with van der Waals surface area (Å²) in [6, 6.07) is 2.74. The first kappa shape index (κ1) is 13.8. The molecule has 8 heteroatoms. The highest BCUT2D eigenvalue weighted by Crippen LogP contribution is 2.29. The van der Waals surface area contributed by atoms with E-state index in [0.717, 1.165) is 10.5 Å². The Morgan fingerprint density at radius 1 is 1.24 bits per heavy atom. The second-order valence-electron chi connectivity index (χ2n) is 5.03.